The molecule has 0 radical (unpaired) electrons. The Kier molecular flexibility index (Phi) is 4.76. The zero-order valence-electron chi connectivity index (χ0n) is 11.2. The number of aliphatic hydroxyl groups is 1. The molecule has 0 atom stereocenters. The topological polar surface area (TPSA) is 45.6 Å². The minimum absolute atomic E-state index is 0.00222. The van der Waals surface area contributed by atoms with Gasteiger partial charge in [-0.15, -0.1) is 11.3 Å². The molecule has 2 aromatic rings. The van der Waals surface area contributed by atoms with Crippen molar-refractivity contribution in [1.82, 2.24) is 4.98 Å². The Balaban J connectivity index is 1.86. The third kappa shape index (κ3) is 3.94. The first-order chi connectivity index (χ1) is 9.19. The van der Waals surface area contributed by atoms with Gasteiger partial charge in [0, 0.05) is 37.6 Å². The maximum absolute atomic E-state index is 8.95. The Labute approximate surface area is 117 Å². The van der Waals surface area contributed by atoms with Crippen LogP contribution in [0.4, 0.5) is 5.69 Å². The normalized spacial score (nSPS) is 10.5. The molecule has 1 heterocycles. The van der Waals surface area contributed by atoms with Crippen molar-refractivity contribution < 1.29 is 9.84 Å². The van der Waals surface area contributed by atoms with Gasteiger partial charge in [0.1, 0.15) is 5.75 Å². The SMILES string of the molecule is CN(C)c1cccc(OCCc2nc(CO)cs2)c1. The van der Waals surface area contributed by atoms with E-state index in [0.717, 1.165) is 28.6 Å². The zero-order chi connectivity index (χ0) is 13.7. The third-order valence-corrected chi connectivity index (χ3v) is 3.64. The van der Waals surface area contributed by atoms with Crippen LogP contribution in [-0.4, -0.2) is 30.8 Å². The highest BCUT2D eigenvalue weighted by molar-refractivity contribution is 7.09. The van der Waals surface area contributed by atoms with Crippen LogP contribution in [0.3, 0.4) is 0 Å². The van der Waals surface area contributed by atoms with Crippen LogP contribution in [0.2, 0.25) is 0 Å². The van der Waals surface area contributed by atoms with Gasteiger partial charge in [0.15, 0.2) is 0 Å². The lowest BCUT2D eigenvalue weighted by molar-refractivity contribution is 0.277. The molecule has 0 bridgehead atoms. The van der Waals surface area contributed by atoms with E-state index in [9.17, 15) is 0 Å². The average Bonchev–Trinajstić information content (AvgIpc) is 2.87. The molecule has 102 valence electrons. The van der Waals surface area contributed by atoms with Gasteiger partial charge in [-0.25, -0.2) is 4.98 Å². The number of thiazole rings is 1. The fraction of sp³-hybridized carbons (Fsp3) is 0.357. The van der Waals surface area contributed by atoms with E-state index in [1.807, 2.05) is 48.6 Å². The lowest BCUT2D eigenvalue weighted by atomic mass is 10.3. The van der Waals surface area contributed by atoms with Gasteiger partial charge in [-0.3, -0.25) is 0 Å². The van der Waals surface area contributed by atoms with Crippen LogP contribution in [0.1, 0.15) is 10.7 Å². The van der Waals surface area contributed by atoms with E-state index in [1.54, 1.807) is 11.3 Å². The Hall–Kier alpha value is -1.59. The summed E-state index contributed by atoms with van der Waals surface area (Å²) < 4.78 is 5.72. The molecule has 0 saturated carbocycles. The Morgan fingerprint density at radius 2 is 2.21 bits per heavy atom. The van der Waals surface area contributed by atoms with E-state index < -0.39 is 0 Å². The highest BCUT2D eigenvalue weighted by Crippen LogP contribution is 2.19. The number of ether oxygens (including phenoxy) is 1. The summed E-state index contributed by atoms with van der Waals surface area (Å²) in [5.74, 6) is 0.866. The molecular weight excluding hydrogens is 260 g/mol. The van der Waals surface area contributed by atoms with Crippen molar-refractivity contribution in [2.75, 3.05) is 25.6 Å². The molecule has 4 nitrogen and oxygen atoms in total. The largest absolute Gasteiger partial charge is 0.493 e. The van der Waals surface area contributed by atoms with E-state index in [2.05, 4.69) is 4.98 Å². The first kappa shape index (κ1) is 13.8. The van der Waals surface area contributed by atoms with Crippen LogP contribution in [0, 0.1) is 0 Å². The first-order valence-electron chi connectivity index (χ1n) is 6.13. The van der Waals surface area contributed by atoms with Gasteiger partial charge < -0.3 is 14.7 Å². The number of aliphatic hydroxyl groups excluding tert-OH is 1. The van der Waals surface area contributed by atoms with Gasteiger partial charge in [0.05, 0.1) is 23.9 Å². The van der Waals surface area contributed by atoms with Crippen molar-refractivity contribution in [3.8, 4) is 5.75 Å². The van der Waals surface area contributed by atoms with E-state index in [1.165, 1.54) is 0 Å². The molecule has 0 unspecified atom stereocenters. The molecule has 0 aliphatic carbocycles. The lowest BCUT2D eigenvalue weighted by Crippen LogP contribution is -2.09. The summed E-state index contributed by atoms with van der Waals surface area (Å²) in [6.07, 6.45) is 0.761. The fourth-order valence-corrected chi connectivity index (χ4v) is 2.41. The van der Waals surface area contributed by atoms with Gasteiger partial charge in [0.2, 0.25) is 0 Å². The minimum Gasteiger partial charge on any atom is -0.493 e. The minimum atomic E-state index is 0.00222. The van der Waals surface area contributed by atoms with Crippen LogP contribution in [-0.2, 0) is 13.0 Å². The third-order valence-electron chi connectivity index (χ3n) is 2.68. The van der Waals surface area contributed by atoms with Crippen molar-refractivity contribution in [3.05, 3.63) is 40.3 Å². The summed E-state index contributed by atoms with van der Waals surface area (Å²) in [5.41, 5.74) is 1.85. The molecule has 5 heteroatoms. The van der Waals surface area contributed by atoms with E-state index >= 15 is 0 Å². The second kappa shape index (κ2) is 6.54. The average molecular weight is 278 g/mol. The molecule has 2 rings (SSSR count). The first-order valence-corrected chi connectivity index (χ1v) is 7.01. The van der Waals surface area contributed by atoms with Crippen LogP contribution in [0.15, 0.2) is 29.6 Å². The predicted molar refractivity (Wildman–Crippen MR) is 78.0 cm³/mol. The number of hydrogen-bond acceptors (Lipinski definition) is 5. The molecular formula is C14H18N2O2S. The number of rotatable bonds is 6. The van der Waals surface area contributed by atoms with Crippen molar-refractivity contribution in [2.24, 2.45) is 0 Å². The summed E-state index contributed by atoms with van der Waals surface area (Å²) in [7, 11) is 4.01. The number of aromatic nitrogens is 1. The fourth-order valence-electron chi connectivity index (χ4n) is 1.64. The Bertz CT molecular complexity index is 526. The second-order valence-electron chi connectivity index (χ2n) is 4.38. The quantitative estimate of drug-likeness (QED) is 0.881. The van der Waals surface area contributed by atoms with E-state index in [4.69, 9.17) is 9.84 Å². The summed E-state index contributed by atoms with van der Waals surface area (Å²) in [5, 5.41) is 11.8. The van der Waals surface area contributed by atoms with Crippen LogP contribution in [0.5, 0.6) is 5.75 Å². The standard InChI is InChI=1S/C14H18N2O2S/c1-16(2)12-4-3-5-13(8-12)18-7-6-14-15-11(9-17)10-19-14/h3-5,8,10,17H,6-7,9H2,1-2H3. The molecule has 0 fully saturated rings. The maximum atomic E-state index is 8.95. The summed E-state index contributed by atoms with van der Waals surface area (Å²) in [6.45, 7) is 0.595. The highest BCUT2D eigenvalue weighted by Gasteiger charge is 2.02. The molecule has 0 spiro atoms. The molecule has 0 amide bonds. The highest BCUT2D eigenvalue weighted by atomic mass is 32.1. The molecule has 19 heavy (non-hydrogen) atoms. The number of anilines is 1. The smallest absolute Gasteiger partial charge is 0.121 e. The summed E-state index contributed by atoms with van der Waals surface area (Å²) in [6, 6.07) is 7.99. The molecule has 0 saturated heterocycles. The van der Waals surface area contributed by atoms with Crippen molar-refractivity contribution in [1.29, 1.82) is 0 Å². The molecule has 1 N–H and O–H groups in total. The number of benzene rings is 1. The summed E-state index contributed by atoms with van der Waals surface area (Å²) in [4.78, 5) is 6.33. The molecule has 1 aromatic heterocycles. The van der Waals surface area contributed by atoms with Crippen LogP contribution >= 0.6 is 11.3 Å². The van der Waals surface area contributed by atoms with Crippen LogP contribution < -0.4 is 9.64 Å². The summed E-state index contributed by atoms with van der Waals surface area (Å²) >= 11 is 1.56. The Morgan fingerprint density at radius 1 is 1.37 bits per heavy atom. The predicted octanol–water partition coefficient (Wildman–Crippen LogP) is 2.32. The van der Waals surface area contributed by atoms with Gasteiger partial charge in [-0.1, -0.05) is 6.07 Å². The van der Waals surface area contributed by atoms with Gasteiger partial charge in [0.25, 0.3) is 0 Å². The van der Waals surface area contributed by atoms with E-state index in [0.29, 0.717) is 6.61 Å². The van der Waals surface area contributed by atoms with Crippen molar-refractivity contribution in [2.45, 2.75) is 13.0 Å². The second-order valence-corrected chi connectivity index (χ2v) is 5.32. The zero-order valence-corrected chi connectivity index (χ0v) is 12.0. The number of hydrogen-bond donors (Lipinski definition) is 1. The van der Waals surface area contributed by atoms with Gasteiger partial charge in [-0.05, 0) is 12.1 Å². The molecule has 0 aliphatic rings. The Morgan fingerprint density at radius 3 is 2.89 bits per heavy atom. The van der Waals surface area contributed by atoms with Gasteiger partial charge in [-0.2, -0.15) is 0 Å². The van der Waals surface area contributed by atoms with Crippen molar-refractivity contribution in [3.63, 3.8) is 0 Å². The van der Waals surface area contributed by atoms with Gasteiger partial charge >= 0.3 is 0 Å². The molecule has 0 aliphatic heterocycles. The van der Waals surface area contributed by atoms with E-state index in [-0.39, 0.29) is 6.61 Å². The number of nitrogens with zero attached hydrogens (tertiary/aromatic N) is 2. The molecule has 1 aromatic carbocycles. The lowest BCUT2D eigenvalue weighted by Gasteiger charge is -2.13. The van der Waals surface area contributed by atoms with Crippen molar-refractivity contribution >= 4 is 17.0 Å². The maximum Gasteiger partial charge on any atom is 0.121 e. The monoisotopic (exact) mass is 278 g/mol. The van der Waals surface area contributed by atoms with Crippen LogP contribution in [0.25, 0.3) is 0 Å².